The van der Waals surface area contributed by atoms with Gasteiger partial charge in [0.1, 0.15) is 0 Å². The standard InChI is InChI=1S/C15H27N3O/c16-12-15(6-1-2-7-15)14(19)18-10-4-9-17-8-3-5-13(17)11-18/h13H,1-12,16H2. The molecule has 3 aliphatic rings. The molecule has 1 aliphatic carbocycles. The molecule has 0 aromatic rings. The van der Waals surface area contributed by atoms with Crippen LogP contribution in [0.3, 0.4) is 0 Å². The van der Waals surface area contributed by atoms with Gasteiger partial charge in [0.05, 0.1) is 5.41 Å². The van der Waals surface area contributed by atoms with E-state index < -0.39 is 0 Å². The highest BCUT2D eigenvalue weighted by atomic mass is 16.2. The van der Waals surface area contributed by atoms with Crippen molar-refractivity contribution in [3.8, 4) is 0 Å². The molecular weight excluding hydrogens is 238 g/mol. The Balaban J connectivity index is 1.71. The Kier molecular flexibility index (Phi) is 3.81. The number of rotatable bonds is 2. The molecule has 2 N–H and O–H groups in total. The van der Waals surface area contributed by atoms with Gasteiger partial charge in [0.25, 0.3) is 0 Å². The topological polar surface area (TPSA) is 49.6 Å². The summed E-state index contributed by atoms with van der Waals surface area (Å²) in [4.78, 5) is 17.6. The molecule has 1 saturated carbocycles. The van der Waals surface area contributed by atoms with Crippen LogP contribution in [0, 0.1) is 5.41 Å². The number of fused-ring (bicyclic) bond motifs is 1. The van der Waals surface area contributed by atoms with Gasteiger partial charge in [-0.25, -0.2) is 0 Å². The van der Waals surface area contributed by atoms with Crippen LogP contribution < -0.4 is 5.73 Å². The fraction of sp³-hybridized carbons (Fsp3) is 0.933. The second-order valence-electron chi connectivity index (χ2n) is 6.63. The fourth-order valence-electron chi connectivity index (χ4n) is 4.28. The summed E-state index contributed by atoms with van der Waals surface area (Å²) >= 11 is 0. The maximum atomic E-state index is 12.9. The van der Waals surface area contributed by atoms with Crippen LogP contribution >= 0.6 is 0 Å². The molecule has 108 valence electrons. The van der Waals surface area contributed by atoms with Gasteiger partial charge in [0, 0.05) is 32.2 Å². The van der Waals surface area contributed by atoms with Gasteiger partial charge in [-0.1, -0.05) is 12.8 Å². The van der Waals surface area contributed by atoms with E-state index in [9.17, 15) is 4.79 Å². The predicted octanol–water partition coefficient (Wildman–Crippen LogP) is 1.20. The molecule has 0 bridgehead atoms. The zero-order valence-corrected chi connectivity index (χ0v) is 11.9. The van der Waals surface area contributed by atoms with Crippen LogP contribution in [0.5, 0.6) is 0 Å². The highest BCUT2D eigenvalue weighted by Crippen LogP contribution is 2.39. The molecule has 0 spiro atoms. The van der Waals surface area contributed by atoms with Crippen LogP contribution in [0.4, 0.5) is 0 Å². The summed E-state index contributed by atoms with van der Waals surface area (Å²) in [6, 6.07) is 0.614. The zero-order valence-electron chi connectivity index (χ0n) is 11.9. The lowest BCUT2D eigenvalue weighted by Gasteiger charge is -2.34. The van der Waals surface area contributed by atoms with Crippen LogP contribution in [-0.2, 0) is 4.79 Å². The molecule has 1 atom stereocenters. The molecule has 0 aromatic heterocycles. The zero-order chi connectivity index (χ0) is 13.3. The van der Waals surface area contributed by atoms with Crippen LogP contribution in [0.15, 0.2) is 0 Å². The molecule has 4 nitrogen and oxygen atoms in total. The number of nitrogens with two attached hydrogens (primary N) is 1. The van der Waals surface area contributed by atoms with E-state index in [-0.39, 0.29) is 5.41 Å². The Morgan fingerprint density at radius 3 is 2.58 bits per heavy atom. The molecule has 2 aliphatic heterocycles. The molecule has 1 unspecified atom stereocenters. The van der Waals surface area contributed by atoms with Crippen molar-refractivity contribution in [2.24, 2.45) is 11.1 Å². The van der Waals surface area contributed by atoms with Crippen LogP contribution in [0.1, 0.15) is 44.9 Å². The van der Waals surface area contributed by atoms with Gasteiger partial charge < -0.3 is 10.6 Å². The monoisotopic (exact) mass is 265 g/mol. The summed E-state index contributed by atoms with van der Waals surface area (Å²) in [5.74, 6) is 0.362. The fourth-order valence-corrected chi connectivity index (χ4v) is 4.28. The minimum absolute atomic E-state index is 0.215. The summed E-state index contributed by atoms with van der Waals surface area (Å²) in [6.45, 7) is 4.82. The van der Waals surface area contributed by atoms with Crippen molar-refractivity contribution in [2.75, 3.05) is 32.7 Å². The third kappa shape index (κ3) is 2.40. The van der Waals surface area contributed by atoms with Crippen molar-refractivity contribution in [1.82, 2.24) is 9.80 Å². The number of nitrogens with zero attached hydrogens (tertiary/aromatic N) is 2. The quantitative estimate of drug-likeness (QED) is 0.816. The lowest BCUT2D eigenvalue weighted by atomic mass is 9.84. The Morgan fingerprint density at radius 1 is 1.11 bits per heavy atom. The smallest absolute Gasteiger partial charge is 0.230 e. The van der Waals surface area contributed by atoms with Crippen molar-refractivity contribution >= 4 is 5.91 Å². The predicted molar refractivity (Wildman–Crippen MR) is 75.7 cm³/mol. The molecule has 3 fully saturated rings. The van der Waals surface area contributed by atoms with Crippen LogP contribution in [0.2, 0.25) is 0 Å². The summed E-state index contributed by atoms with van der Waals surface area (Å²) in [5.41, 5.74) is 5.75. The molecule has 4 heteroatoms. The van der Waals surface area contributed by atoms with Crippen molar-refractivity contribution in [3.63, 3.8) is 0 Å². The van der Waals surface area contributed by atoms with E-state index in [4.69, 9.17) is 5.73 Å². The Bertz CT molecular complexity index is 338. The third-order valence-electron chi connectivity index (χ3n) is 5.50. The van der Waals surface area contributed by atoms with E-state index in [2.05, 4.69) is 9.80 Å². The Hall–Kier alpha value is -0.610. The van der Waals surface area contributed by atoms with E-state index >= 15 is 0 Å². The van der Waals surface area contributed by atoms with Gasteiger partial charge in [0.2, 0.25) is 5.91 Å². The number of carbonyl (C=O) groups excluding carboxylic acids is 1. The Morgan fingerprint density at radius 2 is 1.84 bits per heavy atom. The molecule has 0 radical (unpaired) electrons. The number of hydrogen-bond acceptors (Lipinski definition) is 3. The highest BCUT2D eigenvalue weighted by Gasteiger charge is 2.43. The lowest BCUT2D eigenvalue weighted by Crippen LogP contribution is -2.49. The normalized spacial score (nSPS) is 31.2. The minimum Gasteiger partial charge on any atom is -0.341 e. The molecule has 1 amide bonds. The third-order valence-corrected chi connectivity index (χ3v) is 5.50. The van der Waals surface area contributed by atoms with Crippen molar-refractivity contribution in [2.45, 2.75) is 51.0 Å². The second-order valence-corrected chi connectivity index (χ2v) is 6.63. The molecule has 3 rings (SSSR count). The Labute approximate surface area is 116 Å². The summed E-state index contributed by atoms with van der Waals surface area (Å²) < 4.78 is 0. The van der Waals surface area contributed by atoms with Crippen molar-refractivity contribution < 1.29 is 4.79 Å². The highest BCUT2D eigenvalue weighted by molar-refractivity contribution is 5.83. The van der Waals surface area contributed by atoms with E-state index in [0.717, 1.165) is 32.4 Å². The number of carbonyl (C=O) groups is 1. The minimum atomic E-state index is -0.215. The molecule has 2 saturated heterocycles. The van der Waals surface area contributed by atoms with Crippen molar-refractivity contribution in [1.29, 1.82) is 0 Å². The first-order valence-corrected chi connectivity index (χ1v) is 7.99. The number of amides is 1. The van der Waals surface area contributed by atoms with Crippen LogP contribution in [0.25, 0.3) is 0 Å². The van der Waals surface area contributed by atoms with Gasteiger partial charge in [-0.3, -0.25) is 9.69 Å². The summed E-state index contributed by atoms with van der Waals surface area (Å²) in [7, 11) is 0. The second kappa shape index (κ2) is 5.41. The maximum absolute atomic E-state index is 12.9. The molecular formula is C15H27N3O. The first-order chi connectivity index (χ1) is 9.25. The van der Waals surface area contributed by atoms with E-state index in [1.165, 1.54) is 38.8 Å². The first-order valence-electron chi connectivity index (χ1n) is 7.99. The van der Waals surface area contributed by atoms with Gasteiger partial charge in [-0.05, 0) is 38.6 Å². The number of hydrogen-bond donors (Lipinski definition) is 1. The lowest BCUT2D eigenvalue weighted by molar-refractivity contribution is -0.141. The van der Waals surface area contributed by atoms with Gasteiger partial charge >= 0.3 is 0 Å². The van der Waals surface area contributed by atoms with E-state index in [1.54, 1.807) is 0 Å². The SMILES string of the molecule is NCC1(C(=O)N2CCCN3CCCC3C2)CCCC1. The van der Waals surface area contributed by atoms with E-state index in [0.29, 0.717) is 18.5 Å². The van der Waals surface area contributed by atoms with Crippen LogP contribution in [-0.4, -0.2) is 54.5 Å². The average molecular weight is 265 g/mol. The van der Waals surface area contributed by atoms with Gasteiger partial charge in [-0.2, -0.15) is 0 Å². The molecule has 2 heterocycles. The molecule has 19 heavy (non-hydrogen) atoms. The summed E-state index contributed by atoms with van der Waals surface area (Å²) in [6.07, 6.45) is 8.05. The molecule has 0 aromatic carbocycles. The maximum Gasteiger partial charge on any atom is 0.230 e. The average Bonchev–Trinajstić information content (AvgIpc) is 3.04. The van der Waals surface area contributed by atoms with Gasteiger partial charge in [-0.15, -0.1) is 0 Å². The van der Waals surface area contributed by atoms with Gasteiger partial charge in [0.15, 0.2) is 0 Å². The summed E-state index contributed by atoms with van der Waals surface area (Å²) in [5, 5.41) is 0. The largest absolute Gasteiger partial charge is 0.341 e. The first kappa shape index (κ1) is 13.4. The van der Waals surface area contributed by atoms with E-state index in [1.807, 2.05) is 0 Å². The van der Waals surface area contributed by atoms with Crippen molar-refractivity contribution in [3.05, 3.63) is 0 Å².